The highest BCUT2D eigenvalue weighted by Crippen LogP contribution is 2.25. The van der Waals surface area contributed by atoms with E-state index >= 15 is 0 Å². The zero-order chi connectivity index (χ0) is 13.0. The molecule has 1 saturated carbocycles. The number of hydrogen-bond donors (Lipinski definition) is 0. The van der Waals surface area contributed by atoms with Crippen molar-refractivity contribution in [3.63, 3.8) is 0 Å². The topological polar surface area (TPSA) is 9.23 Å². The fraction of sp³-hybridized carbons (Fsp3) is 0.467. The van der Waals surface area contributed by atoms with Crippen molar-refractivity contribution in [2.75, 3.05) is 0 Å². The maximum atomic E-state index is 13.6. The molecule has 98 valence electrons. The summed E-state index contributed by atoms with van der Waals surface area (Å²) in [5, 5.41) is 0.544. The lowest BCUT2D eigenvalue weighted by atomic mass is 9.98. The first-order valence-electron chi connectivity index (χ1n) is 6.42. The molecule has 0 aromatic heterocycles. The molecular formula is C15H18ClFO. The number of benzene rings is 1. The van der Waals surface area contributed by atoms with Gasteiger partial charge < -0.3 is 4.74 Å². The summed E-state index contributed by atoms with van der Waals surface area (Å²) in [7, 11) is 0. The summed E-state index contributed by atoms with van der Waals surface area (Å²) >= 11 is 6.10. The Kier molecular flexibility index (Phi) is 4.79. The third-order valence-corrected chi connectivity index (χ3v) is 3.76. The zero-order valence-electron chi connectivity index (χ0n) is 10.4. The van der Waals surface area contributed by atoms with Crippen LogP contribution in [-0.2, 0) is 11.3 Å². The van der Waals surface area contributed by atoms with Crippen LogP contribution in [0, 0.1) is 5.82 Å². The van der Waals surface area contributed by atoms with Crippen molar-refractivity contribution in [1.82, 2.24) is 0 Å². The summed E-state index contributed by atoms with van der Waals surface area (Å²) in [6.45, 7) is 3.94. The molecule has 0 N–H and O–H groups in total. The quantitative estimate of drug-likeness (QED) is 0.749. The fourth-order valence-electron chi connectivity index (χ4n) is 2.31. The Morgan fingerprint density at radius 1 is 1.33 bits per heavy atom. The molecule has 0 unspecified atom stereocenters. The van der Waals surface area contributed by atoms with Crippen LogP contribution >= 0.6 is 11.6 Å². The number of ether oxygens (including phenoxy) is 1. The van der Waals surface area contributed by atoms with Crippen LogP contribution in [0.1, 0.15) is 43.2 Å². The smallest absolute Gasteiger partial charge is 0.130 e. The molecule has 1 aliphatic carbocycles. The Morgan fingerprint density at radius 2 is 2.06 bits per heavy atom. The summed E-state index contributed by atoms with van der Waals surface area (Å²) in [5.41, 5.74) is 1.15. The van der Waals surface area contributed by atoms with Gasteiger partial charge in [-0.1, -0.05) is 43.5 Å². The van der Waals surface area contributed by atoms with Crippen LogP contribution in [-0.4, -0.2) is 6.10 Å². The molecule has 0 spiro atoms. The average Bonchev–Trinajstić information content (AvgIpc) is 2.40. The van der Waals surface area contributed by atoms with Crippen molar-refractivity contribution in [2.24, 2.45) is 0 Å². The highest BCUT2D eigenvalue weighted by molar-refractivity contribution is 6.31. The van der Waals surface area contributed by atoms with Crippen LogP contribution in [0.2, 0.25) is 5.02 Å². The first kappa shape index (κ1) is 13.6. The minimum atomic E-state index is -0.295. The van der Waals surface area contributed by atoms with Crippen LogP contribution in [0.5, 0.6) is 0 Å². The van der Waals surface area contributed by atoms with Gasteiger partial charge >= 0.3 is 0 Å². The SMILES string of the molecule is C=Cc1cc(Cl)c(COC2CCCCC2)cc1F. The second kappa shape index (κ2) is 6.35. The van der Waals surface area contributed by atoms with Gasteiger partial charge in [-0.15, -0.1) is 0 Å². The molecule has 1 aromatic rings. The maximum Gasteiger partial charge on any atom is 0.130 e. The molecule has 0 amide bonds. The molecule has 0 saturated heterocycles. The van der Waals surface area contributed by atoms with E-state index in [1.807, 2.05) is 0 Å². The van der Waals surface area contributed by atoms with E-state index in [1.165, 1.54) is 31.4 Å². The molecule has 1 aliphatic rings. The third-order valence-electron chi connectivity index (χ3n) is 3.41. The van der Waals surface area contributed by atoms with Crippen molar-refractivity contribution < 1.29 is 9.13 Å². The van der Waals surface area contributed by atoms with Gasteiger partial charge in [-0.3, -0.25) is 0 Å². The Bertz CT molecular complexity index is 425. The molecule has 0 bridgehead atoms. The molecule has 0 heterocycles. The van der Waals surface area contributed by atoms with E-state index in [9.17, 15) is 4.39 Å². The minimum absolute atomic E-state index is 0.295. The van der Waals surface area contributed by atoms with E-state index in [-0.39, 0.29) is 5.82 Å². The summed E-state index contributed by atoms with van der Waals surface area (Å²) in [6.07, 6.45) is 7.72. The summed E-state index contributed by atoms with van der Waals surface area (Å²) < 4.78 is 19.4. The maximum absolute atomic E-state index is 13.6. The normalized spacial score (nSPS) is 16.8. The standard InChI is InChI=1S/C15H18ClFO/c1-2-11-8-14(16)12(9-15(11)17)10-18-13-6-4-3-5-7-13/h2,8-9,13H,1,3-7,10H2. The van der Waals surface area contributed by atoms with Gasteiger partial charge in [0.15, 0.2) is 0 Å². The predicted octanol–water partition coefficient (Wildman–Crippen LogP) is 4.97. The van der Waals surface area contributed by atoms with Crippen LogP contribution in [0.15, 0.2) is 18.7 Å². The van der Waals surface area contributed by atoms with Gasteiger partial charge in [0, 0.05) is 10.6 Å². The zero-order valence-corrected chi connectivity index (χ0v) is 11.2. The van der Waals surface area contributed by atoms with Gasteiger partial charge in [-0.05, 0) is 30.5 Å². The molecular weight excluding hydrogens is 251 g/mol. The number of halogens is 2. The van der Waals surface area contributed by atoms with E-state index in [0.717, 1.165) is 12.8 Å². The fourth-order valence-corrected chi connectivity index (χ4v) is 2.54. The van der Waals surface area contributed by atoms with E-state index in [2.05, 4.69) is 6.58 Å². The molecule has 0 aliphatic heterocycles. The lowest BCUT2D eigenvalue weighted by Gasteiger charge is -2.22. The Labute approximate surface area is 113 Å². The van der Waals surface area contributed by atoms with E-state index in [4.69, 9.17) is 16.3 Å². The average molecular weight is 269 g/mol. The molecule has 18 heavy (non-hydrogen) atoms. The van der Waals surface area contributed by atoms with Gasteiger partial charge in [0.25, 0.3) is 0 Å². The van der Waals surface area contributed by atoms with Crippen LogP contribution < -0.4 is 0 Å². The van der Waals surface area contributed by atoms with Gasteiger partial charge in [-0.2, -0.15) is 0 Å². The van der Waals surface area contributed by atoms with Crippen LogP contribution in [0.4, 0.5) is 4.39 Å². The molecule has 3 heteroatoms. The number of rotatable bonds is 4. The van der Waals surface area contributed by atoms with Gasteiger partial charge in [0.1, 0.15) is 5.82 Å². The number of hydrogen-bond acceptors (Lipinski definition) is 1. The molecule has 1 nitrogen and oxygen atoms in total. The predicted molar refractivity (Wildman–Crippen MR) is 73.2 cm³/mol. The van der Waals surface area contributed by atoms with Crippen molar-refractivity contribution >= 4 is 17.7 Å². The van der Waals surface area contributed by atoms with Crippen molar-refractivity contribution in [1.29, 1.82) is 0 Å². The van der Waals surface area contributed by atoms with Gasteiger partial charge in [0.05, 0.1) is 12.7 Å². The monoisotopic (exact) mass is 268 g/mol. The van der Waals surface area contributed by atoms with E-state index in [0.29, 0.717) is 28.9 Å². The van der Waals surface area contributed by atoms with Crippen molar-refractivity contribution in [2.45, 2.75) is 44.8 Å². The lowest BCUT2D eigenvalue weighted by Crippen LogP contribution is -2.16. The summed E-state index contributed by atoms with van der Waals surface area (Å²) in [5.74, 6) is -0.295. The first-order chi connectivity index (χ1) is 8.70. The highest BCUT2D eigenvalue weighted by atomic mass is 35.5. The molecule has 1 aromatic carbocycles. The lowest BCUT2D eigenvalue weighted by molar-refractivity contribution is 0.0168. The highest BCUT2D eigenvalue weighted by Gasteiger charge is 2.15. The molecule has 0 radical (unpaired) electrons. The largest absolute Gasteiger partial charge is 0.373 e. The summed E-state index contributed by atoms with van der Waals surface area (Å²) in [6, 6.07) is 3.05. The van der Waals surface area contributed by atoms with Crippen LogP contribution in [0.25, 0.3) is 6.08 Å². The first-order valence-corrected chi connectivity index (χ1v) is 6.80. The second-order valence-corrected chi connectivity index (χ2v) is 5.15. The van der Waals surface area contributed by atoms with E-state index < -0.39 is 0 Å². The second-order valence-electron chi connectivity index (χ2n) is 4.74. The van der Waals surface area contributed by atoms with Crippen molar-refractivity contribution in [3.05, 3.63) is 40.7 Å². The Balaban J connectivity index is 2.00. The minimum Gasteiger partial charge on any atom is -0.373 e. The Hall–Kier alpha value is -0.860. The Morgan fingerprint density at radius 3 is 2.72 bits per heavy atom. The van der Waals surface area contributed by atoms with Gasteiger partial charge in [-0.25, -0.2) is 4.39 Å². The molecule has 0 atom stereocenters. The van der Waals surface area contributed by atoms with Gasteiger partial charge in [0.2, 0.25) is 0 Å². The molecule has 1 fully saturated rings. The van der Waals surface area contributed by atoms with Crippen molar-refractivity contribution in [3.8, 4) is 0 Å². The van der Waals surface area contributed by atoms with E-state index in [1.54, 1.807) is 6.07 Å². The summed E-state index contributed by atoms with van der Waals surface area (Å²) in [4.78, 5) is 0. The molecule has 2 rings (SSSR count). The third kappa shape index (κ3) is 3.33. The van der Waals surface area contributed by atoms with Crippen LogP contribution in [0.3, 0.4) is 0 Å².